The van der Waals surface area contributed by atoms with Crippen LogP contribution in [-0.2, 0) is 12.7 Å². The molecule has 26 heavy (non-hydrogen) atoms. The van der Waals surface area contributed by atoms with Gasteiger partial charge in [-0.3, -0.25) is 4.90 Å². The molecule has 1 aliphatic carbocycles. The van der Waals surface area contributed by atoms with Crippen LogP contribution >= 0.6 is 11.3 Å². The molecule has 0 spiro atoms. The first-order valence-corrected chi connectivity index (χ1v) is 9.59. The van der Waals surface area contributed by atoms with Crippen molar-refractivity contribution in [1.82, 2.24) is 19.9 Å². The molecular weight excluding hydrogens is 363 g/mol. The molecule has 2 fully saturated rings. The lowest BCUT2D eigenvalue weighted by Crippen LogP contribution is -2.40. The topological polar surface area (TPSA) is 45.2 Å². The number of alkyl halides is 3. The summed E-state index contributed by atoms with van der Waals surface area (Å²) in [5.74, 6) is 0.211. The normalized spacial score (nSPS) is 21.3. The third-order valence-electron chi connectivity index (χ3n) is 4.96. The molecule has 140 valence electrons. The van der Waals surface area contributed by atoms with E-state index >= 15 is 0 Å². The van der Waals surface area contributed by atoms with Crippen LogP contribution in [0.25, 0.3) is 0 Å². The summed E-state index contributed by atoms with van der Waals surface area (Å²) in [5, 5.41) is 0. The molecule has 1 unspecified atom stereocenters. The van der Waals surface area contributed by atoms with E-state index in [0.29, 0.717) is 0 Å². The van der Waals surface area contributed by atoms with Crippen LogP contribution in [-0.4, -0.2) is 45.0 Å². The number of likely N-dealkylation sites (tertiary alicyclic amines) is 1. The lowest BCUT2D eigenvalue weighted by molar-refractivity contribution is -0.141. The van der Waals surface area contributed by atoms with E-state index in [1.807, 2.05) is 17.3 Å². The summed E-state index contributed by atoms with van der Waals surface area (Å²) >= 11 is 1.65. The molecule has 5 nitrogen and oxygen atoms in total. The van der Waals surface area contributed by atoms with Crippen molar-refractivity contribution in [2.24, 2.45) is 0 Å². The minimum atomic E-state index is -4.45. The van der Waals surface area contributed by atoms with Gasteiger partial charge >= 0.3 is 6.18 Å². The Bertz CT molecular complexity index is 774. The maximum Gasteiger partial charge on any atom is 0.433 e. The summed E-state index contributed by atoms with van der Waals surface area (Å²) in [6, 6.07) is 1.34. The number of aromatic nitrogens is 3. The van der Waals surface area contributed by atoms with Crippen molar-refractivity contribution in [3.63, 3.8) is 0 Å². The third-order valence-corrected chi connectivity index (χ3v) is 5.88. The number of aryl methyl sites for hydroxylation is 1. The van der Waals surface area contributed by atoms with Gasteiger partial charge in [0.2, 0.25) is 5.95 Å². The number of anilines is 1. The van der Waals surface area contributed by atoms with Crippen LogP contribution in [0.2, 0.25) is 0 Å². The zero-order chi connectivity index (χ0) is 18.3. The number of thiazole rings is 1. The molecule has 2 aliphatic rings. The molecular formula is C17H20F3N5S. The second-order valence-electron chi connectivity index (χ2n) is 6.92. The first kappa shape index (κ1) is 17.7. The summed E-state index contributed by atoms with van der Waals surface area (Å²) in [5.41, 5.74) is 2.03. The minimum Gasteiger partial charge on any atom is -0.334 e. The summed E-state index contributed by atoms with van der Waals surface area (Å²) in [6.07, 6.45) is -0.339. The molecule has 1 saturated carbocycles. The van der Waals surface area contributed by atoms with Crippen LogP contribution in [0.1, 0.15) is 35.5 Å². The molecule has 0 amide bonds. The molecule has 3 heterocycles. The third kappa shape index (κ3) is 3.68. The van der Waals surface area contributed by atoms with Crippen molar-refractivity contribution >= 4 is 17.3 Å². The predicted molar refractivity (Wildman–Crippen MR) is 93.1 cm³/mol. The van der Waals surface area contributed by atoms with Crippen molar-refractivity contribution in [3.8, 4) is 0 Å². The standard InChI is InChI=1S/C17H20F3N5S/c1-11-14(26-10-22-11)9-24-7-5-13(8-24)25(12-2-3-12)16-21-6-4-15(23-16)17(18,19)20/h4,6,10,12-13H,2-3,5,7-9H2,1H3. The maximum absolute atomic E-state index is 13.0. The van der Waals surface area contributed by atoms with Gasteiger partial charge in [-0.15, -0.1) is 11.3 Å². The van der Waals surface area contributed by atoms with Gasteiger partial charge in [-0.1, -0.05) is 0 Å². The van der Waals surface area contributed by atoms with E-state index in [1.54, 1.807) is 11.3 Å². The summed E-state index contributed by atoms with van der Waals surface area (Å²) < 4.78 is 39.0. The Kier molecular flexibility index (Phi) is 4.60. The van der Waals surface area contributed by atoms with E-state index in [9.17, 15) is 13.2 Å². The SMILES string of the molecule is Cc1ncsc1CN1CCC(N(c2nccc(C(F)(F)F)n2)C2CC2)C1. The van der Waals surface area contributed by atoms with Gasteiger partial charge in [0.25, 0.3) is 0 Å². The summed E-state index contributed by atoms with van der Waals surface area (Å²) in [6.45, 7) is 4.58. The Morgan fingerprint density at radius 2 is 2.04 bits per heavy atom. The largest absolute Gasteiger partial charge is 0.433 e. The average molecular weight is 383 g/mol. The molecule has 0 bridgehead atoms. The second-order valence-corrected chi connectivity index (χ2v) is 7.86. The summed E-state index contributed by atoms with van der Waals surface area (Å²) in [4.78, 5) is 17.9. The van der Waals surface area contributed by atoms with Gasteiger partial charge in [-0.25, -0.2) is 15.0 Å². The monoisotopic (exact) mass is 383 g/mol. The number of halogens is 3. The highest BCUT2D eigenvalue weighted by molar-refractivity contribution is 7.09. The Morgan fingerprint density at radius 3 is 2.69 bits per heavy atom. The Balaban J connectivity index is 1.50. The van der Waals surface area contributed by atoms with Gasteiger partial charge < -0.3 is 4.90 Å². The molecule has 2 aromatic rings. The van der Waals surface area contributed by atoms with Crippen molar-refractivity contribution in [2.75, 3.05) is 18.0 Å². The van der Waals surface area contributed by atoms with Gasteiger partial charge in [0.15, 0.2) is 0 Å². The highest BCUT2D eigenvalue weighted by atomic mass is 32.1. The molecule has 1 aliphatic heterocycles. The number of hydrogen-bond acceptors (Lipinski definition) is 6. The zero-order valence-electron chi connectivity index (χ0n) is 14.4. The quantitative estimate of drug-likeness (QED) is 0.791. The number of nitrogens with zero attached hydrogens (tertiary/aromatic N) is 5. The van der Waals surface area contributed by atoms with Crippen molar-refractivity contribution in [2.45, 2.75) is 51.0 Å². The molecule has 0 radical (unpaired) electrons. The van der Waals surface area contributed by atoms with E-state index < -0.39 is 11.9 Å². The van der Waals surface area contributed by atoms with Gasteiger partial charge in [-0.05, 0) is 32.3 Å². The zero-order valence-corrected chi connectivity index (χ0v) is 15.2. The van der Waals surface area contributed by atoms with Crippen LogP contribution in [0.3, 0.4) is 0 Å². The van der Waals surface area contributed by atoms with Crippen LogP contribution in [0, 0.1) is 6.92 Å². The van der Waals surface area contributed by atoms with E-state index in [1.165, 1.54) is 11.1 Å². The van der Waals surface area contributed by atoms with Crippen molar-refractivity contribution < 1.29 is 13.2 Å². The van der Waals surface area contributed by atoms with Gasteiger partial charge in [-0.2, -0.15) is 13.2 Å². The lowest BCUT2D eigenvalue weighted by Gasteiger charge is -2.29. The molecule has 4 rings (SSSR count). The van der Waals surface area contributed by atoms with E-state index in [-0.39, 0.29) is 18.0 Å². The predicted octanol–water partition coefficient (Wildman–Crippen LogP) is 3.50. The number of hydrogen-bond donors (Lipinski definition) is 0. The van der Waals surface area contributed by atoms with E-state index in [0.717, 1.165) is 50.7 Å². The molecule has 2 aromatic heterocycles. The Labute approximate surface area is 153 Å². The second kappa shape index (κ2) is 6.77. The van der Waals surface area contributed by atoms with Crippen molar-refractivity contribution in [3.05, 3.63) is 34.0 Å². The fraction of sp³-hybridized carbons (Fsp3) is 0.588. The lowest BCUT2D eigenvalue weighted by atomic mass is 10.2. The minimum absolute atomic E-state index is 0.152. The maximum atomic E-state index is 13.0. The summed E-state index contributed by atoms with van der Waals surface area (Å²) in [7, 11) is 0. The van der Waals surface area contributed by atoms with Crippen LogP contribution in [0.15, 0.2) is 17.8 Å². The fourth-order valence-electron chi connectivity index (χ4n) is 3.47. The smallest absolute Gasteiger partial charge is 0.334 e. The molecule has 1 saturated heterocycles. The Hall–Kier alpha value is -1.74. The Morgan fingerprint density at radius 1 is 1.23 bits per heavy atom. The van der Waals surface area contributed by atoms with Crippen molar-refractivity contribution in [1.29, 1.82) is 0 Å². The van der Waals surface area contributed by atoms with Gasteiger partial charge in [0.1, 0.15) is 5.69 Å². The average Bonchev–Trinajstić information content (AvgIpc) is 3.18. The fourth-order valence-corrected chi connectivity index (χ4v) is 4.29. The van der Waals surface area contributed by atoms with E-state index in [4.69, 9.17) is 0 Å². The molecule has 1 atom stereocenters. The first-order chi connectivity index (χ1) is 12.4. The van der Waals surface area contributed by atoms with Gasteiger partial charge in [0.05, 0.1) is 11.2 Å². The van der Waals surface area contributed by atoms with E-state index in [2.05, 4.69) is 19.9 Å². The first-order valence-electron chi connectivity index (χ1n) is 8.71. The molecule has 9 heteroatoms. The molecule has 0 aromatic carbocycles. The number of rotatable bonds is 5. The van der Waals surface area contributed by atoms with Gasteiger partial charge in [0, 0.05) is 42.8 Å². The van der Waals surface area contributed by atoms with Crippen LogP contribution in [0.4, 0.5) is 19.1 Å². The van der Waals surface area contributed by atoms with Crippen LogP contribution in [0.5, 0.6) is 0 Å². The highest BCUT2D eigenvalue weighted by Gasteiger charge is 2.40. The highest BCUT2D eigenvalue weighted by Crippen LogP contribution is 2.36. The van der Waals surface area contributed by atoms with Crippen LogP contribution < -0.4 is 4.90 Å². The molecule has 0 N–H and O–H groups in total.